The van der Waals surface area contributed by atoms with Gasteiger partial charge in [-0.25, -0.2) is 0 Å². The normalized spacial score (nSPS) is 10.8. The number of carbonyl (C=O) groups excluding carboxylic acids is 2. The fourth-order valence-corrected chi connectivity index (χ4v) is 3.36. The van der Waals surface area contributed by atoms with Gasteiger partial charge in [0, 0.05) is 21.7 Å². The maximum Gasteiger partial charge on any atom is 0.248 e. The van der Waals surface area contributed by atoms with Gasteiger partial charge in [-0.2, -0.15) is 0 Å². The molecule has 2 aromatic carbocycles. The van der Waals surface area contributed by atoms with Crippen molar-refractivity contribution in [3.63, 3.8) is 0 Å². The molecule has 4 nitrogen and oxygen atoms in total. The van der Waals surface area contributed by atoms with Crippen molar-refractivity contribution in [2.45, 2.75) is 13.0 Å². The lowest BCUT2D eigenvalue weighted by molar-refractivity contribution is -0.120. The van der Waals surface area contributed by atoms with Gasteiger partial charge in [0.25, 0.3) is 0 Å². The Hall–Kier alpha value is -2.89. The lowest BCUT2D eigenvalue weighted by Gasteiger charge is -2.06. The van der Waals surface area contributed by atoms with E-state index in [4.69, 9.17) is 11.6 Å². The monoisotopic (exact) mass is 410 g/mol. The number of amides is 2. The fourth-order valence-electron chi connectivity index (χ4n) is 2.51. The average molecular weight is 411 g/mol. The molecule has 0 saturated carbocycles. The quantitative estimate of drug-likeness (QED) is 0.543. The van der Waals surface area contributed by atoms with Crippen molar-refractivity contribution in [2.24, 2.45) is 0 Å². The maximum absolute atomic E-state index is 12.1. The van der Waals surface area contributed by atoms with Gasteiger partial charge in [-0.15, -0.1) is 11.3 Å². The number of thiophene rings is 1. The molecule has 142 valence electrons. The molecule has 0 radical (unpaired) electrons. The van der Waals surface area contributed by atoms with E-state index in [9.17, 15) is 9.59 Å². The van der Waals surface area contributed by atoms with E-state index in [-0.39, 0.29) is 11.8 Å². The van der Waals surface area contributed by atoms with E-state index >= 15 is 0 Å². The Morgan fingerprint density at radius 1 is 1.00 bits per heavy atom. The smallest absolute Gasteiger partial charge is 0.248 e. The van der Waals surface area contributed by atoms with Crippen LogP contribution in [0.1, 0.15) is 16.0 Å². The number of rotatable bonds is 7. The number of nitrogens with one attached hydrogen (secondary N) is 2. The van der Waals surface area contributed by atoms with E-state index in [0.717, 1.165) is 16.0 Å². The van der Waals surface area contributed by atoms with Crippen LogP contribution in [0.15, 0.2) is 72.1 Å². The number of hydrogen-bond donors (Lipinski definition) is 2. The van der Waals surface area contributed by atoms with Crippen molar-refractivity contribution in [1.82, 2.24) is 5.32 Å². The van der Waals surface area contributed by atoms with Gasteiger partial charge >= 0.3 is 0 Å². The Kier molecular flexibility index (Phi) is 7.00. The minimum atomic E-state index is -0.249. The number of benzene rings is 2. The summed E-state index contributed by atoms with van der Waals surface area (Å²) in [5, 5.41) is 8.26. The van der Waals surface area contributed by atoms with E-state index in [2.05, 4.69) is 10.6 Å². The molecule has 0 atom stereocenters. The van der Waals surface area contributed by atoms with Crippen LogP contribution in [0.3, 0.4) is 0 Å². The van der Waals surface area contributed by atoms with Crippen LogP contribution in [0.4, 0.5) is 5.69 Å². The van der Waals surface area contributed by atoms with E-state index < -0.39 is 0 Å². The predicted molar refractivity (Wildman–Crippen MR) is 115 cm³/mol. The molecule has 2 amide bonds. The molecular formula is C22H19ClN2O2S. The second-order valence-corrected chi connectivity index (χ2v) is 7.51. The predicted octanol–water partition coefficient (Wildman–Crippen LogP) is 4.91. The molecule has 1 heterocycles. The highest BCUT2D eigenvalue weighted by molar-refractivity contribution is 7.09. The summed E-state index contributed by atoms with van der Waals surface area (Å²) in [6, 6.07) is 18.5. The molecule has 0 aliphatic carbocycles. The summed E-state index contributed by atoms with van der Waals surface area (Å²) in [4.78, 5) is 25.2. The zero-order valence-corrected chi connectivity index (χ0v) is 16.6. The first-order valence-corrected chi connectivity index (χ1v) is 9.97. The molecule has 6 heteroatoms. The second kappa shape index (κ2) is 9.88. The topological polar surface area (TPSA) is 58.2 Å². The van der Waals surface area contributed by atoms with Crippen LogP contribution in [0.5, 0.6) is 0 Å². The molecule has 0 unspecified atom stereocenters. The second-order valence-electron chi connectivity index (χ2n) is 6.07. The first kappa shape index (κ1) is 19.9. The Morgan fingerprint density at radius 2 is 1.79 bits per heavy atom. The Labute approximate surface area is 172 Å². The largest absolute Gasteiger partial charge is 0.351 e. The minimum Gasteiger partial charge on any atom is -0.351 e. The number of halogens is 1. The van der Waals surface area contributed by atoms with Gasteiger partial charge in [0.2, 0.25) is 11.8 Å². The van der Waals surface area contributed by atoms with Gasteiger partial charge in [-0.1, -0.05) is 48.0 Å². The molecular weight excluding hydrogens is 392 g/mol. The molecule has 0 aliphatic heterocycles. The van der Waals surface area contributed by atoms with Crippen LogP contribution in [-0.4, -0.2) is 11.8 Å². The van der Waals surface area contributed by atoms with Crippen molar-refractivity contribution in [3.05, 3.63) is 93.1 Å². The molecule has 28 heavy (non-hydrogen) atoms. The van der Waals surface area contributed by atoms with Crippen molar-refractivity contribution in [3.8, 4) is 0 Å². The van der Waals surface area contributed by atoms with Crippen LogP contribution >= 0.6 is 22.9 Å². The summed E-state index contributed by atoms with van der Waals surface area (Å²) >= 11 is 7.68. The molecule has 0 fully saturated rings. The maximum atomic E-state index is 12.1. The summed E-state index contributed by atoms with van der Waals surface area (Å²) in [5.41, 5.74) is 2.33. The number of hydrogen-bond acceptors (Lipinski definition) is 3. The summed E-state index contributed by atoms with van der Waals surface area (Å²) in [7, 11) is 0. The van der Waals surface area contributed by atoms with Gasteiger partial charge in [-0.05, 0) is 46.8 Å². The summed E-state index contributed by atoms with van der Waals surface area (Å²) < 4.78 is 0. The summed E-state index contributed by atoms with van der Waals surface area (Å²) in [5.74, 6) is -0.283. The summed E-state index contributed by atoms with van der Waals surface area (Å²) in [6.45, 7) is 0.544. The highest BCUT2D eigenvalue weighted by atomic mass is 35.5. The zero-order valence-electron chi connectivity index (χ0n) is 15.0. The van der Waals surface area contributed by atoms with Gasteiger partial charge in [0.05, 0.1) is 13.0 Å². The van der Waals surface area contributed by atoms with Crippen LogP contribution in [0.25, 0.3) is 6.08 Å². The van der Waals surface area contributed by atoms with Gasteiger partial charge in [-0.3, -0.25) is 9.59 Å². The fraction of sp³-hybridized carbons (Fsp3) is 0.0909. The SMILES string of the molecule is O=C(/C=C/c1ccccc1Cl)Nc1ccc(CC(=O)NCc2cccs2)cc1. The molecule has 3 rings (SSSR count). The van der Waals surface area contributed by atoms with Gasteiger partial charge in [0.1, 0.15) is 0 Å². The molecule has 0 saturated heterocycles. The Morgan fingerprint density at radius 3 is 2.50 bits per heavy atom. The van der Waals surface area contributed by atoms with Crippen LogP contribution in [0, 0.1) is 0 Å². The van der Waals surface area contributed by atoms with Crippen LogP contribution in [-0.2, 0) is 22.6 Å². The van der Waals surface area contributed by atoms with Crippen molar-refractivity contribution < 1.29 is 9.59 Å². The first-order valence-electron chi connectivity index (χ1n) is 8.72. The highest BCUT2D eigenvalue weighted by Crippen LogP contribution is 2.16. The Balaban J connectivity index is 1.49. The number of carbonyl (C=O) groups is 2. The van der Waals surface area contributed by atoms with E-state index in [0.29, 0.717) is 23.7 Å². The standard InChI is InChI=1S/C22H19ClN2O2S/c23-20-6-2-1-4-17(20)9-12-21(26)25-18-10-7-16(8-11-18)14-22(27)24-15-19-5-3-13-28-19/h1-13H,14-15H2,(H,24,27)(H,25,26)/b12-9+. The lowest BCUT2D eigenvalue weighted by Crippen LogP contribution is -2.24. The highest BCUT2D eigenvalue weighted by Gasteiger charge is 2.05. The van der Waals surface area contributed by atoms with Crippen LogP contribution < -0.4 is 10.6 Å². The molecule has 0 bridgehead atoms. The number of anilines is 1. The third-order valence-electron chi connectivity index (χ3n) is 3.95. The first-order chi connectivity index (χ1) is 13.6. The van der Waals surface area contributed by atoms with Gasteiger partial charge < -0.3 is 10.6 Å². The van der Waals surface area contributed by atoms with Crippen molar-refractivity contribution in [2.75, 3.05) is 5.32 Å². The van der Waals surface area contributed by atoms with Crippen molar-refractivity contribution >= 4 is 46.5 Å². The van der Waals surface area contributed by atoms with E-state index in [1.807, 2.05) is 47.8 Å². The minimum absolute atomic E-state index is 0.0344. The van der Waals surface area contributed by atoms with Gasteiger partial charge in [0.15, 0.2) is 0 Å². The molecule has 1 aromatic heterocycles. The zero-order chi connectivity index (χ0) is 19.8. The Bertz CT molecular complexity index is 966. The third kappa shape index (κ3) is 6.08. The van der Waals surface area contributed by atoms with E-state index in [1.165, 1.54) is 6.08 Å². The third-order valence-corrected chi connectivity index (χ3v) is 5.17. The lowest BCUT2D eigenvalue weighted by atomic mass is 10.1. The molecule has 3 aromatic rings. The average Bonchev–Trinajstić information content (AvgIpc) is 3.21. The molecule has 2 N–H and O–H groups in total. The summed E-state index contributed by atoms with van der Waals surface area (Å²) in [6.07, 6.45) is 3.41. The van der Waals surface area contributed by atoms with E-state index in [1.54, 1.807) is 35.6 Å². The van der Waals surface area contributed by atoms with Crippen LogP contribution in [0.2, 0.25) is 5.02 Å². The van der Waals surface area contributed by atoms with Crippen molar-refractivity contribution in [1.29, 1.82) is 0 Å². The molecule has 0 spiro atoms. The molecule has 0 aliphatic rings.